The third kappa shape index (κ3) is 2.83. The van der Waals surface area contributed by atoms with E-state index in [0.717, 1.165) is 12.4 Å². The Bertz CT molecular complexity index is 546. The maximum Gasteiger partial charge on any atom is 0.451 e. The Balaban J connectivity index is 2.19. The van der Waals surface area contributed by atoms with Crippen molar-refractivity contribution in [1.29, 1.82) is 0 Å². The number of halogens is 4. The zero-order chi connectivity index (χ0) is 13.2. The van der Waals surface area contributed by atoms with E-state index in [9.17, 15) is 13.2 Å². The quantitative estimate of drug-likeness (QED) is 0.844. The summed E-state index contributed by atoms with van der Waals surface area (Å²) in [7, 11) is 0. The van der Waals surface area contributed by atoms with Gasteiger partial charge in [-0.05, 0) is 0 Å². The average molecular weight is 277 g/mol. The number of rotatable bonds is 2. The standard InChI is InChI=1S/C9H4ClF3N4O/c10-6-7(15-2-1-14-6)18-5-3-16-8(17-4-5)9(11,12)13/h1-4H. The van der Waals surface area contributed by atoms with Gasteiger partial charge in [-0.3, -0.25) is 0 Å². The summed E-state index contributed by atoms with van der Waals surface area (Å²) in [6.45, 7) is 0. The molecular weight excluding hydrogens is 273 g/mol. The summed E-state index contributed by atoms with van der Waals surface area (Å²) >= 11 is 5.66. The van der Waals surface area contributed by atoms with Crippen molar-refractivity contribution in [2.45, 2.75) is 6.18 Å². The second kappa shape index (κ2) is 4.73. The second-order valence-corrected chi connectivity index (χ2v) is 3.35. The molecule has 18 heavy (non-hydrogen) atoms. The summed E-state index contributed by atoms with van der Waals surface area (Å²) in [5.41, 5.74) is 0. The van der Waals surface area contributed by atoms with Gasteiger partial charge in [0, 0.05) is 12.4 Å². The van der Waals surface area contributed by atoms with Crippen LogP contribution in [0.4, 0.5) is 13.2 Å². The van der Waals surface area contributed by atoms with Crippen molar-refractivity contribution in [2.75, 3.05) is 0 Å². The van der Waals surface area contributed by atoms with Crippen molar-refractivity contribution >= 4 is 11.6 Å². The highest BCUT2D eigenvalue weighted by Crippen LogP contribution is 2.28. The first-order valence-corrected chi connectivity index (χ1v) is 4.88. The van der Waals surface area contributed by atoms with E-state index in [1.165, 1.54) is 12.4 Å². The molecule has 0 saturated carbocycles. The van der Waals surface area contributed by atoms with E-state index in [1.54, 1.807) is 0 Å². The molecule has 0 N–H and O–H groups in total. The van der Waals surface area contributed by atoms with Crippen LogP contribution in [0.25, 0.3) is 0 Å². The SMILES string of the molecule is FC(F)(F)c1ncc(Oc2nccnc2Cl)cn1. The lowest BCUT2D eigenvalue weighted by Crippen LogP contribution is -2.10. The summed E-state index contributed by atoms with van der Waals surface area (Å²) in [4.78, 5) is 13.7. The Labute approximate surface area is 104 Å². The predicted octanol–water partition coefficient (Wildman–Crippen LogP) is 2.73. The van der Waals surface area contributed by atoms with Crippen molar-refractivity contribution in [3.63, 3.8) is 0 Å². The molecule has 2 aromatic heterocycles. The van der Waals surface area contributed by atoms with Crippen LogP contribution >= 0.6 is 11.6 Å². The lowest BCUT2D eigenvalue weighted by molar-refractivity contribution is -0.145. The van der Waals surface area contributed by atoms with Crippen LogP contribution in [0, 0.1) is 0 Å². The van der Waals surface area contributed by atoms with Gasteiger partial charge in [0.25, 0.3) is 5.88 Å². The van der Waals surface area contributed by atoms with Crippen LogP contribution in [-0.4, -0.2) is 19.9 Å². The summed E-state index contributed by atoms with van der Waals surface area (Å²) in [5.74, 6) is -1.31. The minimum Gasteiger partial charge on any atom is -0.433 e. The molecule has 0 aliphatic rings. The molecule has 2 heterocycles. The van der Waals surface area contributed by atoms with Crippen LogP contribution in [0.2, 0.25) is 5.15 Å². The summed E-state index contributed by atoms with van der Waals surface area (Å²) in [5, 5.41) is -0.0163. The number of nitrogens with zero attached hydrogens (tertiary/aromatic N) is 4. The van der Waals surface area contributed by atoms with Gasteiger partial charge < -0.3 is 4.74 Å². The van der Waals surface area contributed by atoms with Gasteiger partial charge in [-0.2, -0.15) is 13.2 Å². The molecule has 2 rings (SSSR count). The highest BCUT2D eigenvalue weighted by atomic mass is 35.5. The second-order valence-electron chi connectivity index (χ2n) is 2.99. The molecule has 0 radical (unpaired) electrons. The largest absolute Gasteiger partial charge is 0.451 e. The highest BCUT2D eigenvalue weighted by molar-refractivity contribution is 6.30. The number of hydrogen-bond acceptors (Lipinski definition) is 5. The van der Waals surface area contributed by atoms with Crippen molar-refractivity contribution in [2.24, 2.45) is 0 Å². The molecule has 0 spiro atoms. The van der Waals surface area contributed by atoms with Crippen LogP contribution in [0.5, 0.6) is 11.6 Å². The molecular formula is C9H4ClF3N4O. The highest BCUT2D eigenvalue weighted by Gasteiger charge is 2.34. The topological polar surface area (TPSA) is 60.8 Å². The Morgan fingerprint density at radius 3 is 2.17 bits per heavy atom. The average Bonchev–Trinajstić information content (AvgIpc) is 2.32. The third-order valence-electron chi connectivity index (χ3n) is 1.72. The molecule has 0 atom stereocenters. The van der Waals surface area contributed by atoms with Crippen LogP contribution < -0.4 is 4.74 Å². The van der Waals surface area contributed by atoms with Crippen LogP contribution in [0.1, 0.15) is 5.82 Å². The normalized spacial score (nSPS) is 11.3. The zero-order valence-corrected chi connectivity index (χ0v) is 9.27. The molecule has 5 nitrogen and oxygen atoms in total. The van der Waals surface area contributed by atoms with E-state index < -0.39 is 12.0 Å². The molecule has 94 valence electrons. The molecule has 0 bridgehead atoms. The van der Waals surface area contributed by atoms with Gasteiger partial charge in [0.15, 0.2) is 10.9 Å². The minimum absolute atomic E-state index is 0.0163. The maximum atomic E-state index is 12.2. The molecule has 0 saturated heterocycles. The fraction of sp³-hybridized carbons (Fsp3) is 0.111. The number of hydrogen-bond donors (Lipinski definition) is 0. The monoisotopic (exact) mass is 276 g/mol. The van der Waals surface area contributed by atoms with E-state index in [4.69, 9.17) is 16.3 Å². The molecule has 0 aromatic carbocycles. The molecule has 9 heteroatoms. The van der Waals surface area contributed by atoms with Crippen LogP contribution in [-0.2, 0) is 6.18 Å². The van der Waals surface area contributed by atoms with E-state index in [0.29, 0.717) is 0 Å². The first-order chi connectivity index (χ1) is 8.47. The van der Waals surface area contributed by atoms with Gasteiger partial charge >= 0.3 is 6.18 Å². The number of alkyl halides is 3. The molecule has 0 aliphatic carbocycles. The van der Waals surface area contributed by atoms with E-state index in [2.05, 4.69) is 19.9 Å². The lowest BCUT2D eigenvalue weighted by atomic mass is 10.5. The molecule has 0 amide bonds. The molecule has 0 unspecified atom stereocenters. The molecule has 0 aliphatic heterocycles. The van der Waals surface area contributed by atoms with Crippen molar-refractivity contribution in [3.8, 4) is 11.6 Å². The maximum absolute atomic E-state index is 12.2. The zero-order valence-electron chi connectivity index (χ0n) is 8.52. The smallest absolute Gasteiger partial charge is 0.433 e. The Kier molecular flexibility index (Phi) is 3.28. The number of ether oxygens (including phenoxy) is 1. The van der Waals surface area contributed by atoms with Gasteiger partial charge in [-0.25, -0.2) is 19.9 Å². The van der Waals surface area contributed by atoms with E-state index >= 15 is 0 Å². The van der Waals surface area contributed by atoms with Gasteiger partial charge in [0.05, 0.1) is 12.4 Å². The molecule has 2 aromatic rings. The fourth-order valence-corrected chi connectivity index (χ4v) is 1.15. The summed E-state index contributed by atoms with van der Waals surface area (Å²) in [6, 6.07) is 0. The van der Waals surface area contributed by atoms with Gasteiger partial charge in [-0.15, -0.1) is 0 Å². The third-order valence-corrected chi connectivity index (χ3v) is 1.98. The van der Waals surface area contributed by atoms with Crippen LogP contribution in [0.15, 0.2) is 24.8 Å². The number of aromatic nitrogens is 4. The van der Waals surface area contributed by atoms with E-state index in [-0.39, 0.29) is 16.8 Å². The van der Waals surface area contributed by atoms with E-state index in [1.807, 2.05) is 0 Å². The first-order valence-electron chi connectivity index (χ1n) is 4.50. The molecule has 0 fully saturated rings. The van der Waals surface area contributed by atoms with Gasteiger partial charge in [0.1, 0.15) is 0 Å². The predicted molar refractivity (Wildman–Crippen MR) is 54.2 cm³/mol. The first kappa shape index (κ1) is 12.5. The Morgan fingerprint density at radius 1 is 1.00 bits per heavy atom. The fourth-order valence-electron chi connectivity index (χ4n) is 1.00. The van der Waals surface area contributed by atoms with Crippen molar-refractivity contribution < 1.29 is 17.9 Å². The van der Waals surface area contributed by atoms with Crippen molar-refractivity contribution in [3.05, 3.63) is 35.8 Å². The Morgan fingerprint density at radius 2 is 1.61 bits per heavy atom. The Hall–Kier alpha value is -1.96. The van der Waals surface area contributed by atoms with Gasteiger partial charge in [-0.1, -0.05) is 11.6 Å². The van der Waals surface area contributed by atoms with Crippen molar-refractivity contribution in [1.82, 2.24) is 19.9 Å². The summed E-state index contributed by atoms with van der Waals surface area (Å²) in [6.07, 6.45) is -0.172. The van der Waals surface area contributed by atoms with Crippen LogP contribution in [0.3, 0.4) is 0 Å². The summed E-state index contributed by atoms with van der Waals surface area (Å²) < 4.78 is 41.7. The lowest BCUT2D eigenvalue weighted by Gasteiger charge is -2.06. The van der Waals surface area contributed by atoms with Gasteiger partial charge in [0.2, 0.25) is 5.82 Å². The minimum atomic E-state index is -4.59.